The van der Waals surface area contributed by atoms with Crippen molar-refractivity contribution in [3.8, 4) is 0 Å². The van der Waals surface area contributed by atoms with Crippen LogP contribution in [0, 0.1) is 0 Å². The zero-order chi connectivity index (χ0) is 17.4. The Hall–Kier alpha value is -2.10. The lowest BCUT2D eigenvalue weighted by atomic mass is 10.0. The number of hydrogen-bond donors (Lipinski definition) is 3. The minimum absolute atomic E-state index is 0. The van der Waals surface area contributed by atoms with Crippen LogP contribution in [0.1, 0.15) is 35.7 Å². The monoisotopic (exact) mass is 415 g/mol. The van der Waals surface area contributed by atoms with E-state index in [1.165, 1.54) is 6.92 Å². The summed E-state index contributed by atoms with van der Waals surface area (Å²) in [5.74, 6) is -0.0372. The third-order valence-corrected chi connectivity index (χ3v) is 4.67. The summed E-state index contributed by atoms with van der Waals surface area (Å²) in [7, 11) is 0. The van der Waals surface area contributed by atoms with Crippen LogP contribution in [0.15, 0.2) is 12.4 Å². The molecule has 0 fully saturated rings. The van der Waals surface area contributed by atoms with Crippen molar-refractivity contribution in [1.29, 1.82) is 0 Å². The molecule has 1 atom stereocenters. The van der Waals surface area contributed by atoms with Crippen LogP contribution in [0.2, 0.25) is 0 Å². The Balaban J connectivity index is 0.00000131. The molecule has 2 aliphatic rings. The Morgan fingerprint density at radius 3 is 2.93 bits per heavy atom. The van der Waals surface area contributed by atoms with Gasteiger partial charge in [-0.1, -0.05) is 0 Å². The first-order valence-electron chi connectivity index (χ1n) is 8.46. The zero-order valence-electron chi connectivity index (χ0n) is 14.9. The third kappa shape index (κ3) is 4.26. The topological polar surface area (TPSA) is 108 Å². The second-order valence-electron chi connectivity index (χ2n) is 6.42. The molecule has 2 aromatic rings. The molecule has 1 unspecified atom stereocenters. The van der Waals surface area contributed by atoms with Crippen LogP contribution in [-0.2, 0) is 35.6 Å². The largest absolute Gasteiger partial charge is 0.351 e. The van der Waals surface area contributed by atoms with Gasteiger partial charge in [0.1, 0.15) is 6.04 Å². The first-order chi connectivity index (χ1) is 12.1. The molecule has 2 aliphatic heterocycles. The number of aromatic nitrogens is 4. The maximum absolute atomic E-state index is 13.0. The Morgan fingerprint density at radius 1 is 1.33 bits per heavy atom. The van der Waals surface area contributed by atoms with E-state index in [4.69, 9.17) is 0 Å². The predicted molar refractivity (Wildman–Crippen MR) is 103 cm³/mol. The highest BCUT2D eigenvalue weighted by Crippen LogP contribution is 2.23. The quantitative estimate of drug-likeness (QED) is 0.668. The Bertz CT molecular complexity index is 820. The van der Waals surface area contributed by atoms with Crippen LogP contribution in [0.25, 0.3) is 0 Å². The van der Waals surface area contributed by atoms with Crippen molar-refractivity contribution in [3.05, 3.63) is 35.2 Å². The van der Waals surface area contributed by atoms with E-state index in [0.717, 1.165) is 35.7 Å². The lowest BCUT2D eigenvalue weighted by Crippen LogP contribution is -2.46. The number of nitrogens with one attached hydrogen (secondary N) is 3. The number of aromatic amines is 1. The number of imidazole rings is 1. The molecule has 148 valence electrons. The molecule has 2 amide bonds. The number of amides is 2. The summed E-state index contributed by atoms with van der Waals surface area (Å²) >= 11 is 0. The van der Waals surface area contributed by atoms with Crippen LogP contribution in [0.4, 0.5) is 0 Å². The predicted octanol–water partition coefficient (Wildman–Crippen LogP) is 0.315. The second-order valence-corrected chi connectivity index (χ2v) is 6.42. The number of rotatable bonds is 3. The van der Waals surface area contributed by atoms with Gasteiger partial charge >= 0.3 is 0 Å². The van der Waals surface area contributed by atoms with Gasteiger partial charge in [-0.3, -0.25) is 14.3 Å². The fourth-order valence-electron chi connectivity index (χ4n) is 3.42. The highest BCUT2D eigenvalue weighted by molar-refractivity contribution is 5.85. The number of fused-ring (bicyclic) bond motifs is 2. The van der Waals surface area contributed by atoms with E-state index >= 15 is 0 Å². The molecule has 0 spiro atoms. The van der Waals surface area contributed by atoms with E-state index in [-0.39, 0.29) is 42.7 Å². The van der Waals surface area contributed by atoms with Crippen LogP contribution in [0.5, 0.6) is 0 Å². The molecular formula is C16H23Cl2N7O2. The van der Waals surface area contributed by atoms with Gasteiger partial charge in [0.05, 0.1) is 43.0 Å². The van der Waals surface area contributed by atoms with Crippen molar-refractivity contribution in [2.45, 2.75) is 39.0 Å². The van der Waals surface area contributed by atoms with E-state index in [0.29, 0.717) is 26.2 Å². The molecule has 0 aromatic carbocycles. The van der Waals surface area contributed by atoms with Crippen LogP contribution in [-0.4, -0.2) is 49.6 Å². The molecular weight excluding hydrogens is 393 g/mol. The van der Waals surface area contributed by atoms with Crippen molar-refractivity contribution in [1.82, 2.24) is 35.3 Å². The Kier molecular flexibility index (Phi) is 6.85. The van der Waals surface area contributed by atoms with Crippen LogP contribution in [0.3, 0.4) is 0 Å². The lowest BCUT2D eigenvalue weighted by molar-refractivity contribution is -0.135. The van der Waals surface area contributed by atoms with Crippen LogP contribution < -0.4 is 10.6 Å². The summed E-state index contributed by atoms with van der Waals surface area (Å²) in [5, 5.41) is 10.5. The number of carbonyl (C=O) groups excluding carboxylic acids is 2. The molecule has 9 nitrogen and oxygen atoms in total. The molecule has 0 saturated heterocycles. The molecule has 0 saturated carbocycles. The first-order valence-corrected chi connectivity index (χ1v) is 8.46. The molecule has 27 heavy (non-hydrogen) atoms. The van der Waals surface area contributed by atoms with Crippen molar-refractivity contribution < 1.29 is 9.59 Å². The van der Waals surface area contributed by atoms with Gasteiger partial charge < -0.3 is 20.5 Å². The van der Waals surface area contributed by atoms with Gasteiger partial charge in [-0.15, -0.1) is 24.8 Å². The maximum atomic E-state index is 13.0. The van der Waals surface area contributed by atoms with Gasteiger partial charge in [-0.25, -0.2) is 4.98 Å². The van der Waals surface area contributed by atoms with Crippen LogP contribution >= 0.6 is 24.8 Å². The van der Waals surface area contributed by atoms with Gasteiger partial charge in [0.15, 0.2) is 0 Å². The average Bonchev–Trinajstić information content (AvgIpc) is 3.24. The normalized spacial score (nSPS) is 17.8. The van der Waals surface area contributed by atoms with Gasteiger partial charge in [-0.05, 0) is 6.07 Å². The fraction of sp³-hybridized carbons (Fsp3) is 0.500. The highest BCUT2D eigenvalue weighted by Gasteiger charge is 2.33. The average molecular weight is 416 g/mol. The van der Waals surface area contributed by atoms with Gasteiger partial charge in [-0.2, -0.15) is 5.10 Å². The molecule has 2 aromatic heterocycles. The first kappa shape index (κ1) is 21.2. The van der Waals surface area contributed by atoms with Crippen molar-refractivity contribution in [2.24, 2.45) is 0 Å². The molecule has 4 rings (SSSR count). The van der Waals surface area contributed by atoms with E-state index < -0.39 is 0 Å². The number of nitrogens with zero attached hydrogens (tertiary/aromatic N) is 4. The summed E-state index contributed by atoms with van der Waals surface area (Å²) in [6.45, 7) is 4.44. The minimum Gasteiger partial charge on any atom is -0.351 e. The molecule has 0 aliphatic carbocycles. The molecule has 11 heteroatoms. The van der Waals surface area contributed by atoms with Gasteiger partial charge in [0.2, 0.25) is 11.8 Å². The highest BCUT2D eigenvalue weighted by atomic mass is 35.5. The van der Waals surface area contributed by atoms with E-state index in [9.17, 15) is 9.59 Å². The summed E-state index contributed by atoms with van der Waals surface area (Å²) in [4.78, 5) is 33.3. The number of hydrogen-bond acceptors (Lipinski definition) is 5. The summed E-state index contributed by atoms with van der Waals surface area (Å²) < 4.78 is 1.91. The lowest BCUT2D eigenvalue weighted by Gasteiger charge is -2.32. The second kappa shape index (κ2) is 8.73. The fourth-order valence-corrected chi connectivity index (χ4v) is 3.42. The summed E-state index contributed by atoms with van der Waals surface area (Å²) in [6.07, 6.45) is 2.51. The standard InChI is InChI=1S/C16H21N7O2.2ClH/c1-10(24)18-7-11-6-12-8-22(4-5-23(12)21-11)16(25)15-14-13(2-3-17-15)19-9-20-14;;/h6,9,15,17H,2-5,7-8H2,1H3,(H,18,24)(H,19,20);2*1H. The van der Waals surface area contributed by atoms with Gasteiger partial charge in [0, 0.05) is 32.1 Å². The van der Waals surface area contributed by atoms with E-state index in [1.54, 1.807) is 6.33 Å². The number of halogens is 2. The summed E-state index contributed by atoms with van der Waals surface area (Å²) in [5.41, 5.74) is 3.64. The molecule has 3 N–H and O–H groups in total. The van der Waals surface area contributed by atoms with Crippen molar-refractivity contribution in [2.75, 3.05) is 13.1 Å². The number of carbonyl (C=O) groups is 2. The van der Waals surface area contributed by atoms with Crippen molar-refractivity contribution in [3.63, 3.8) is 0 Å². The number of H-pyrrole nitrogens is 1. The smallest absolute Gasteiger partial charge is 0.246 e. The molecule has 0 radical (unpaired) electrons. The third-order valence-electron chi connectivity index (χ3n) is 4.67. The van der Waals surface area contributed by atoms with Crippen molar-refractivity contribution >= 4 is 36.6 Å². The Labute approximate surface area is 169 Å². The SMILES string of the molecule is CC(=O)NCc1cc2n(n1)CCN(C(=O)C1NCCc3[nH]cnc31)C2.Cl.Cl. The molecule has 0 bridgehead atoms. The zero-order valence-corrected chi connectivity index (χ0v) is 16.5. The Morgan fingerprint density at radius 2 is 2.15 bits per heavy atom. The van der Waals surface area contributed by atoms with Gasteiger partial charge in [0.25, 0.3) is 0 Å². The molecule has 4 heterocycles. The summed E-state index contributed by atoms with van der Waals surface area (Å²) in [6, 6.07) is 1.56. The minimum atomic E-state index is -0.386. The van der Waals surface area contributed by atoms with E-state index in [1.807, 2.05) is 15.6 Å². The van der Waals surface area contributed by atoms with E-state index in [2.05, 4.69) is 25.7 Å². The maximum Gasteiger partial charge on any atom is 0.246 e.